The van der Waals surface area contributed by atoms with Gasteiger partial charge < -0.3 is 9.47 Å². The summed E-state index contributed by atoms with van der Waals surface area (Å²) in [5.74, 6) is 0.347. The van der Waals surface area contributed by atoms with Gasteiger partial charge in [-0.1, -0.05) is 25.5 Å². The fraction of sp³-hybridized carbons (Fsp3) is 0.375. The van der Waals surface area contributed by atoms with E-state index in [-0.39, 0.29) is 5.97 Å². The van der Waals surface area contributed by atoms with Crippen molar-refractivity contribution in [2.75, 3.05) is 13.7 Å². The van der Waals surface area contributed by atoms with Crippen LogP contribution >= 0.6 is 0 Å². The molecule has 3 nitrogen and oxygen atoms in total. The third-order valence-corrected chi connectivity index (χ3v) is 2.52. The van der Waals surface area contributed by atoms with E-state index in [1.165, 1.54) is 0 Å². The van der Waals surface area contributed by atoms with Gasteiger partial charge in [0.25, 0.3) is 0 Å². The number of benzene rings is 1. The van der Waals surface area contributed by atoms with Crippen LogP contribution < -0.4 is 4.74 Å². The molecule has 0 N–H and O–H groups in total. The molecular formula is C16H20O3. The van der Waals surface area contributed by atoms with Crippen LogP contribution in [0.1, 0.15) is 32.3 Å². The predicted molar refractivity (Wildman–Crippen MR) is 76.0 cm³/mol. The summed E-state index contributed by atoms with van der Waals surface area (Å²) < 4.78 is 10.2. The summed E-state index contributed by atoms with van der Waals surface area (Å²) in [6, 6.07) is 7.33. The largest absolute Gasteiger partial charge is 0.497 e. The molecule has 0 unspecified atom stereocenters. The van der Waals surface area contributed by atoms with Crippen molar-refractivity contribution in [2.24, 2.45) is 0 Å². The Balaban J connectivity index is 3.15. The number of carbonyl (C=O) groups is 1. The second kappa shape index (κ2) is 8.17. The van der Waals surface area contributed by atoms with Gasteiger partial charge in [-0.3, -0.25) is 0 Å². The van der Waals surface area contributed by atoms with Crippen molar-refractivity contribution >= 4 is 11.5 Å². The molecule has 0 bridgehead atoms. The van der Waals surface area contributed by atoms with E-state index in [0.717, 1.165) is 18.4 Å². The zero-order valence-corrected chi connectivity index (χ0v) is 11.7. The van der Waals surface area contributed by atoms with Crippen molar-refractivity contribution in [3.8, 4) is 5.75 Å². The van der Waals surface area contributed by atoms with E-state index in [2.05, 4.69) is 12.7 Å². The predicted octanol–water partition coefficient (Wildman–Crippen LogP) is 3.60. The van der Waals surface area contributed by atoms with Crippen molar-refractivity contribution in [1.82, 2.24) is 0 Å². The minimum Gasteiger partial charge on any atom is -0.497 e. The first kappa shape index (κ1) is 15.1. The molecule has 102 valence electrons. The quantitative estimate of drug-likeness (QED) is 0.445. The Labute approximate surface area is 114 Å². The maximum atomic E-state index is 12.0. The van der Waals surface area contributed by atoms with Crippen LogP contribution in [0.3, 0.4) is 0 Å². The third-order valence-electron chi connectivity index (χ3n) is 2.52. The number of carbonyl (C=O) groups excluding carboxylic acids is 1. The summed E-state index contributed by atoms with van der Waals surface area (Å²) in [5.41, 5.74) is 4.23. The van der Waals surface area contributed by atoms with Crippen LogP contribution in [0, 0.1) is 0 Å². The number of esters is 1. The van der Waals surface area contributed by atoms with Crippen molar-refractivity contribution in [2.45, 2.75) is 26.7 Å². The fourth-order valence-corrected chi connectivity index (χ4v) is 1.56. The number of hydrogen-bond donors (Lipinski definition) is 0. The maximum Gasteiger partial charge on any atom is 0.346 e. The van der Waals surface area contributed by atoms with Crippen molar-refractivity contribution in [3.05, 3.63) is 41.6 Å². The molecular weight excluding hydrogens is 240 g/mol. The first-order valence-electron chi connectivity index (χ1n) is 6.49. The zero-order valence-electron chi connectivity index (χ0n) is 11.7. The number of unbranched alkanes of at least 4 members (excludes halogenated alkanes) is 1. The maximum absolute atomic E-state index is 12.0. The standard InChI is InChI=1S/C16H20O3/c1-4-6-7-11-15(16(17)19-5-2)13-9-8-10-14(12-13)18-3/h7-10,12H,4-6H2,1-3H3. The van der Waals surface area contributed by atoms with Gasteiger partial charge in [0.1, 0.15) is 11.3 Å². The van der Waals surface area contributed by atoms with Crippen molar-refractivity contribution in [1.29, 1.82) is 0 Å². The average Bonchev–Trinajstić information content (AvgIpc) is 2.44. The van der Waals surface area contributed by atoms with Crippen LogP contribution in [-0.2, 0) is 9.53 Å². The minimum absolute atomic E-state index is 0.349. The topological polar surface area (TPSA) is 35.5 Å². The Morgan fingerprint density at radius 2 is 2.16 bits per heavy atom. The molecule has 3 heteroatoms. The lowest BCUT2D eigenvalue weighted by Crippen LogP contribution is -2.06. The summed E-state index contributed by atoms with van der Waals surface area (Å²) in [7, 11) is 1.60. The number of rotatable bonds is 6. The monoisotopic (exact) mass is 260 g/mol. The Hall–Kier alpha value is -1.99. The molecule has 0 aliphatic carbocycles. The molecule has 0 heterocycles. The van der Waals surface area contributed by atoms with E-state index in [0.29, 0.717) is 17.9 Å². The van der Waals surface area contributed by atoms with Gasteiger partial charge in [0.2, 0.25) is 0 Å². The first-order valence-corrected chi connectivity index (χ1v) is 6.49. The van der Waals surface area contributed by atoms with Gasteiger partial charge in [-0.05, 0) is 31.6 Å². The summed E-state index contributed by atoms with van der Waals surface area (Å²) in [4.78, 5) is 12.0. The van der Waals surface area contributed by atoms with Crippen molar-refractivity contribution < 1.29 is 14.3 Å². The second-order valence-electron chi connectivity index (χ2n) is 3.96. The van der Waals surface area contributed by atoms with Crippen LogP contribution in [-0.4, -0.2) is 19.7 Å². The highest BCUT2D eigenvalue weighted by molar-refractivity contribution is 6.16. The summed E-state index contributed by atoms with van der Waals surface area (Å²) >= 11 is 0. The van der Waals surface area contributed by atoms with Gasteiger partial charge >= 0.3 is 5.97 Å². The van der Waals surface area contributed by atoms with Gasteiger partial charge in [0.05, 0.1) is 13.7 Å². The van der Waals surface area contributed by atoms with Crippen LogP contribution in [0.15, 0.2) is 36.1 Å². The molecule has 0 radical (unpaired) electrons. The van der Waals surface area contributed by atoms with Crippen LogP contribution in [0.2, 0.25) is 0 Å². The van der Waals surface area contributed by atoms with Crippen molar-refractivity contribution in [3.63, 3.8) is 0 Å². The summed E-state index contributed by atoms with van der Waals surface area (Å²) in [6.45, 7) is 4.21. The lowest BCUT2D eigenvalue weighted by atomic mass is 10.1. The van der Waals surface area contributed by atoms with E-state index >= 15 is 0 Å². The molecule has 0 aliphatic rings. The van der Waals surface area contributed by atoms with E-state index in [4.69, 9.17) is 9.47 Å². The smallest absolute Gasteiger partial charge is 0.346 e. The highest BCUT2D eigenvalue weighted by atomic mass is 16.5. The second-order valence-corrected chi connectivity index (χ2v) is 3.96. The normalized spacial score (nSPS) is 9.42. The average molecular weight is 260 g/mol. The Bertz CT molecular complexity index is 483. The molecule has 0 aromatic heterocycles. The SMILES string of the molecule is CCCC=C=C(C(=O)OCC)c1cccc(OC)c1. The molecule has 0 spiro atoms. The Morgan fingerprint density at radius 3 is 2.79 bits per heavy atom. The minimum atomic E-state index is -0.358. The summed E-state index contributed by atoms with van der Waals surface area (Å²) in [6.07, 6.45) is 3.76. The molecule has 0 atom stereocenters. The molecule has 0 fully saturated rings. The Morgan fingerprint density at radius 1 is 1.37 bits per heavy atom. The van der Waals surface area contributed by atoms with Gasteiger partial charge in [-0.15, -0.1) is 5.73 Å². The molecule has 1 rings (SSSR count). The highest BCUT2D eigenvalue weighted by Gasteiger charge is 2.13. The molecule has 1 aromatic rings. The van der Waals surface area contributed by atoms with Crippen LogP contribution in [0.4, 0.5) is 0 Å². The molecule has 0 aliphatic heterocycles. The Kier molecular flexibility index (Phi) is 6.48. The first-order chi connectivity index (χ1) is 9.22. The molecule has 1 aromatic carbocycles. The number of hydrogen-bond acceptors (Lipinski definition) is 3. The van der Waals surface area contributed by atoms with E-state index in [1.54, 1.807) is 20.1 Å². The van der Waals surface area contributed by atoms with Gasteiger partial charge in [-0.25, -0.2) is 4.79 Å². The van der Waals surface area contributed by atoms with E-state index < -0.39 is 0 Å². The molecule has 0 amide bonds. The fourth-order valence-electron chi connectivity index (χ4n) is 1.56. The van der Waals surface area contributed by atoms with Crippen LogP contribution in [0.5, 0.6) is 5.75 Å². The van der Waals surface area contributed by atoms with Gasteiger partial charge in [0.15, 0.2) is 0 Å². The highest BCUT2D eigenvalue weighted by Crippen LogP contribution is 2.20. The van der Waals surface area contributed by atoms with E-state index in [1.807, 2.05) is 24.3 Å². The molecule has 0 saturated carbocycles. The number of methoxy groups -OCH3 is 1. The zero-order chi connectivity index (χ0) is 14.1. The third kappa shape index (κ3) is 4.65. The van der Waals surface area contributed by atoms with E-state index in [9.17, 15) is 4.79 Å². The lowest BCUT2D eigenvalue weighted by Gasteiger charge is -2.06. The lowest BCUT2D eigenvalue weighted by molar-refractivity contribution is -0.136. The van der Waals surface area contributed by atoms with Crippen LogP contribution in [0.25, 0.3) is 5.57 Å². The van der Waals surface area contributed by atoms with Gasteiger partial charge in [-0.2, -0.15) is 0 Å². The number of ether oxygens (including phenoxy) is 2. The molecule has 0 saturated heterocycles. The molecule has 19 heavy (non-hydrogen) atoms. The summed E-state index contributed by atoms with van der Waals surface area (Å²) in [5, 5.41) is 0. The van der Waals surface area contributed by atoms with Gasteiger partial charge in [0, 0.05) is 5.56 Å².